The van der Waals surface area contributed by atoms with Gasteiger partial charge in [0.2, 0.25) is 0 Å². The summed E-state index contributed by atoms with van der Waals surface area (Å²) >= 11 is 0. The van der Waals surface area contributed by atoms with Crippen LogP contribution in [0.15, 0.2) is 46.2 Å². The van der Waals surface area contributed by atoms with E-state index in [0.29, 0.717) is 16.6 Å². The zero-order chi connectivity index (χ0) is 9.54. The summed E-state index contributed by atoms with van der Waals surface area (Å²) in [6.45, 7) is 0. The third-order valence-electron chi connectivity index (χ3n) is 2.19. The first-order valence-electron chi connectivity index (χ1n) is 4.19. The predicted molar refractivity (Wildman–Crippen MR) is 51.2 cm³/mol. The molecule has 4 heteroatoms. The molecule has 3 heterocycles. The molecule has 0 saturated heterocycles. The van der Waals surface area contributed by atoms with Gasteiger partial charge in [-0.25, -0.2) is 4.98 Å². The molecule has 0 spiro atoms. The van der Waals surface area contributed by atoms with E-state index in [1.165, 1.54) is 12.3 Å². The lowest BCUT2D eigenvalue weighted by Crippen LogP contribution is -1.99. The average Bonchev–Trinajstić information content (AvgIpc) is 2.66. The first-order valence-corrected chi connectivity index (χ1v) is 4.19. The number of nitrogens with zero attached hydrogens (tertiary/aromatic N) is 2. The Morgan fingerprint density at radius 3 is 3.14 bits per heavy atom. The van der Waals surface area contributed by atoms with E-state index in [2.05, 4.69) is 4.98 Å². The second-order valence-corrected chi connectivity index (χ2v) is 3.00. The molecule has 0 bridgehead atoms. The summed E-state index contributed by atoms with van der Waals surface area (Å²) in [6, 6.07) is 3.14. The van der Waals surface area contributed by atoms with E-state index in [1.807, 2.05) is 10.6 Å². The molecule has 0 fully saturated rings. The maximum absolute atomic E-state index is 11.4. The van der Waals surface area contributed by atoms with Gasteiger partial charge in [0.15, 0.2) is 16.7 Å². The lowest BCUT2D eigenvalue weighted by atomic mass is 10.3. The summed E-state index contributed by atoms with van der Waals surface area (Å²) in [7, 11) is 0. The summed E-state index contributed by atoms with van der Waals surface area (Å²) in [5.74, 6) is 0. The fourth-order valence-corrected chi connectivity index (χ4v) is 1.52. The molecule has 0 unspecified atom stereocenters. The molecule has 0 N–H and O–H groups in total. The van der Waals surface area contributed by atoms with Gasteiger partial charge in [-0.15, -0.1) is 0 Å². The molecule has 0 aliphatic carbocycles. The lowest BCUT2D eigenvalue weighted by molar-refractivity contribution is 0.603. The van der Waals surface area contributed by atoms with E-state index in [4.69, 9.17) is 4.42 Å². The van der Waals surface area contributed by atoms with E-state index in [-0.39, 0.29) is 5.43 Å². The molecular weight excluding hydrogens is 180 g/mol. The van der Waals surface area contributed by atoms with Crippen molar-refractivity contribution in [1.82, 2.24) is 9.38 Å². The highest BCUT2D eigenvalue weighted by Crippen LogP contribution is 2.14. The third kappa shape index (κ3) is 0.821. The van der Waals surface area contributed by atoms with Gasteiger partial charge in [0.1, 0.15) is 0 Å². The first kappa shape index (κ1) is 7.32. The minimum atomic E-state index is -0.0447. The Morgan fingerprint density at radius 1 is 1.29 bits per heavy atom. The van der Waals surface area contributed by atoms with Crippen LogP contribution < -0.4 is 5.43 Å². The number of aromatic nitrogens is 2. The topological polar surface area (TPSA) is 47.5 Å². The maximum atomic E-state index is 11.4. The molecule has 0 saturated carbocycles. The van der Waals surface area contributed by atoms with E-state index in [1.54, 1.807) is 18.5 Å². The molecule has 0 radical (unpaired) electrons. The second kappa shape index (κ2) is 2.45. The van der Waals surface area contributed by atoms with Crippen molar-refractivity contribution >= 4 is 16.6 Å². The summed E-state index contributed by atoms with van der Waals surface area (Å²) in [6.07, 6.45) is 6.66. The van der Waals surface area contributed by atoms with Gasteiger partial charge in [-0.05, 0) is 6.07 Å². The van der Waals surface area contributed by atoms with Crippen molar-refractivity contribution in [3.63, 3.8) is 0 Å². The zero-order valence-electron chi connectivity index (χ0n) is 7.18. The van der Waals surface area contributed by atoms with E-state index in [9.17, 15) is 4.79 Å². The van der Waals surface area contributed by atoms with Crippen LogP contribution in [-0.2, 0) is 0 Å². The Labute approximate surface area is 78.4 Å². The first-order chi connectivity index (χ1) is 6.86. The Morgan fingerprint density at radius 2 is 2.21 bits per heavy atom. The number of rotatable bonds is 0. The van der Waals surface area contributed by atoms with Crippen LogP contribution in [0.1, 0.15) is 0 Å². The van der Waals surface area contributed by atoms with Crippen molar-refractivity contribution in [2.24, 2.45) is 0 Å². The molecule has 0 amide bonds. The number of imidazole rings is 1. The largest absolute Gasteiger partial charge is 0.460 e. The second-order valence-electron chi connectivity index (χ2n) is 3.00. The van der Waals surface area contributed by atoms with Crippen molar-refractivity contribution in [2.45, 2.75) is 0 Å². The molecule has 3 rings (SSSR count). The quantitative estimate of drug-likeness (QED) is 0.533. The normalized spacial score (nSPS) is 11.1. The summed E-state index contributed by atoms with van der Waals surface area (Å²) in [4.78, 5) is 15.6. The maximum Gasteiger partial charge on any atom is 0.192 e. The third-order valence-corrected chi connectivity index (χ3v) is 2.19. The predicted octanol–water partition coefficient (Wildman–Crippen LogP) is 1.44. The summed E-state index contributed by atoms with van der Waals surface area (Å²) < 4.78 is 7.09. The number of hydrogen-bond donors (Lipinski definition) is 0. The Balaban J connectivity index is 2.71. The van der Waals surface area contributed by atoms with Crippen LogP contribution in [-0.4, -0.2) is 9.38 Å². The molecule has 3 aromatic heterocycles. The van der Waals surface area contributed by atoms with Gasteiger partial charge in [0.05, 0.1) is 11.6 Å². The summed E-state index contributed by atoms with van der Waals surface area (Å²) in [5.41, 5.74) is 1.15. The molecule has 3 aromatic rings. The molecular formula is C10H6N2O2. The molecule has 14 heavy (non-hydrogen) atoms. The number of hydrogen-bond acceptors (Lipinski definition) is 3. The van der Waals surface area contributed by atoms with E-state index >= 15 is 0 Å². The van der Waals surface area contributed by atoms with Gasteiger partial charge >= 0.3 is 0 Å². The number of pyridine rings is 1. The van der Waals surface area contributed by atoms with E-state index in [0.717, 1.165) is 0 Å². The fraction of sp³-hybridized carbons (Fsp3) is 0. The standard InChI is InChI=1S/C10H6N2O2/c13-8-2-6-14-9-7(8)1-4-12-5-3-11-10(9)12/h1-6H. The van der Waals surface area contributed by atoms with Crippen LogP contribution in [0.5, 0.6) is 0 Å². The molecule has 0 aromatic carbocycles. The minimum Gasteiger partial charge on any atom is -0.460 e. The van der Waals surface area contributed by atoms with Crippen LogP contribution >= 0.6 is 0 Å². The van der Waals surface area contributed by atoms with Crippen molar-refractivity contribution in [2.75, 3.05) is 0 Å². The van der Waals surface area contributed by atoms with E-state index < -0.39 is 0 Å². The highest BCUT2D eigenvalue weighted by Gasteiger charge is 2.05. The van der Waals surface area contributed by atoms with Crippen molar-refractivity contribution < 1.29 is 4.42 Å². The van der Waals surface area contributed by atoms with Crippen molar-refractivity contribution in [1.29, 1.82) is 0 Å². The van der Waals surface area contributed by atoms with Crippen LogP contribution in [0.3, 0.4) is 0 Å². The average molecular weight is 186 g/mol. The molecule has 0 atom stereocenters. The van der Waals surface area contributed by atoms with Crippen LogP contribution in [0.25, 0.3) is 16.6 Å². The van der Waals surface area contributed by atoms with Crippen molar-refractivity contribution in [3.05, 3.63) is 47.2 Å². The van der Waals surface area contributed by atoms with Gasteiger partial charge in [-0.3, -0.25) is 4.79 Å². The van der Waals surface area contributed by atoms with Gasteiger partial charge < -0.3 is 8.82 Å². The highest BCUT2D eigenvalue weighted by atomic mass is 16.3. The van der Waals surface area contributed by atoms with Gasteiger partial charge in [0, 0.05) is 24.7 Å². The van der Waals surface area contributed by atoms with Crippen LogP contribution in [0, 0.1) is 0 Å². The minimum absolute atomic E-state index is 0.0447. The monoisotopic (exact) mass is 186 g/mol. The molecule has 0 aliphatic rings. The van der Waals surface area contributed by atoms with Gasteiger partial charge in [-0.1, -0.05) is 0 Å². The number of fused-ring (bicyclic) bond motifs is 3. The summed E-state index contributed by atoms with van der Waals surface area (Å²) in [5, 5.41) is 0.561. The Hall–Kier alpha value is -2.10. The molecule has 0 aliphatic heterocycles. The van der Waals surface area contributed by atoms with Crippen LogP contribution in [0.4, 0.5) is 0 Å². The lowest BCUT2D eigenvalue weighted by Gasteiger charge is -1.97. The van der Waals surface area contributed by atoms with Gasteiger partial charge in [0.25, 0.3) is 0 Å². The molecule has 4 nitrogen and oxygen atoms in total. The SMILES string of the molecule is O=c1ccoc2c1ccn1ccnc21. The van der Waals surface area contributed by atoms with Crippen molar-refractivity contribution in [3.8, 4) is 0 Å². The van der Waals surface area contributed by atoms with Crippen LogP contribution in [0.2, 0.25) is 0 Å². The Bertz CT molecular complexity index is 666. The highest BCUT2D eigenvalue weighted by molar-refractivity contribution is 5.87. The zero-order valence-corrected chi connectivity index (χ0v) is 7.18. The molecule has 68 valence electrons. The van der Waals surface area contributed by atoms with Gasteiger partial charge in [-0.2, -0.15) is 0 Å². The Kier molecular flexibility index (Phi) is 1.28. The smallest absolute Gasteiger partial charge is 0.192 e. The fourth-order valence-electron chi connectivity index (χ4n) is 1.52.